The zero-order valence-corrected chi connectivity index (χ0v) is 14.5. The first-order chi connectivity index (χ1) is 13.2. The normalized spacial score (nSPS) is 16.8. The molecule has 0 aromatic heterocycles. The lowest BCUT2D eigenvalue weighted by atomic mass is 10.1. The number of amides is 2. The average molecular weight is 396 g/mol. The highest BCUT2D eigenvalue weighted by Gasteiger charge is 2.35. The number of ether oxygens (including phenoxy) is 1. The Morgan fingerprint density at radius 1 is 1.18 bits per heavy atom. The molecule has 1 heterocycles. The molecule has 1 N–H and O–H groups in total. The Labute approximate surface area is 157 Å². The Hall–Kier alpha value is -3.10. The third-order valence-electron chi connectivity index (χ3n) is 4.16. The summed E-state index contributed by atoms with van der Waals surface area (Å²) in [7, 11) is 0. The van der Waals surface area contributed by atoms with Gasteiger partial charge < -0.3 is 10.1 Å². The Morgan fingerprint density at radius 3 is 2.57 bits per heavy atom. The number of hydrogen-bond donors (Lipinski definition) is 1. The van der Waals surface area contributed by atoms with E-state index in [1.54, 1.807) is 0 Å². The molecule has 1 saturated heterocycles. The first-order valence-electron chi connectivity index (χ1n) is 8.39. The van der Waals surface area contributed by atoms with E-state index in [-0.39, 0.29) is 31.1 Å². The fraction of sp³-hybridized carbons (Fsp3) is 0.263. The molecule has 2 amide bonds. The molecular weight excluding hydrogens is 380 g/mol. The van der Waals surface area contributed by atoms with Crippen LogP contribution in [-0.2, 0) is 22.1 Å². The summed E-state index contributed by atoms with van der Waals surface area (Å²) in [6.45, 7) is 0.0260. The SMILES string of the molecule is O=C(Cc1ccc(F)cc1)NCC1CN(c2cccc(C(F)(F)F)c2)C(=O)O1. The minimum Gasteiger partial charge on any atom is -0.442 e. The Morgan fingerprint density at radius 2 is 1.89 bits per heavy atom. The summed E-state index contributed by atoms with van der Waals surface area (Å²) in [4.78, 5) is 25.0. The van der Waals surface area contributed by atoms with Gasteiger partial charge in [0.2, 0.25) is 5.91 Å². The summed E-state index contributed by atoms with van der Waals surface area (Å²) in [6, 6.07) is 9.84. The topological polar surface area (TPSA) is 58.6 Å². The third kappa shape index (κ3) is 4.79. The maximum atomic E-state index is 12.9. The monoisotopic (exact) mass is 396 g/mol. The number of nitrogens with one attached hydrogen (secondary N) is 1. The van der Waals surface area contributed by atoms with Crippen molar-refractivity contribution in [3.8, 4) is 0 Å². The van der Waals surface area contributed by atoms with E-state index in [0.29, 0.717) is 5.56 Å². The van der Waals surface area contributed by atoms with E-state index in [0.717, 1.165) is 17.0 Å². The van der Waals surface area contributed by atoms with E-state index < -0.39 is 29.8 Å². The lowest BCUT2D eigenvalue weighted by molar-refractivity contribution is -0.137. The number of benzene rings is 2. The highest BCUT2D eigenvalue weighted by Crippen LogP contribution is 2.32. The minimum absolute atomic E-state index is 0.0109. The lowest BCUT2D eigenvalue weighted by Crippen LogP contribution is -2.35. The van der Waals surface area contributed by atoms with Crippen molar-refractivity contribution in [1.82, 2.24) is 5.32 Å². The molecular formula is C19H16F4N2O3. The van der Waals surface area contributed by atoms with Gasteiger partial charge in [-0.3, -0.25) is 9.69 Å². The van der Waals surface area contributed by atoms with Crippen LogP contribution in [0.4, 0.5) is 28.0 Å². The van der Waals surface area contributed by atoms with E-state index in [1.165, 1.54) is 36.4 Å². The summed E-state index contributed by atoms with van der Waals surface area (Å²) >= 11 is 0. The smallest absolute Gasteiger partial charge is 0.416 e. The van der Waals surface area contributed by atoms with Crippen molar-refractivity contribution < 1.29 is 31.9 Å². The predicted octanol–water partition coefficient (Wildman–Crippen LogP) is 3.53. The molecule has 1 unspecified atom stereocenters. The van der Waals surface area contributed by atoms with Crippen LogP contribution in [0.15, 0.2) is 48.5 Å². The number of carbonyl (C=O) groups excluding carboxylic acids is 2. The van der Waals surface area contributed by atoms with Gasteiger partial charge in [-0.1, -0.05) is 18.2 Å². The van der Waals surface area contributed by atoms with Crippen molar-refractivity contribution in [1.29, 1.82) is 0 Å². The fourth-order valence-electron chi connectivity index (χ4n) is 2.77. The summed E-state index contributed by atoms with van der Waals surface area (Å²) in [5, 5.41) is 2.60. The van der Waals surface area contributed by atoms with E-state index in [4.69, 9.17) is 4.74 Å². The van der Waals surface area contributed by atoms with Crippen LogP contribution in [-0.4, -0.2) is 31.2 Å². The molecule has 0 radical (unpaired) electrons. The molecule has 28 heavy (non-hydrogen) atoms. The first kappa shape index (κ1) is 19.7. The van der Waals surface area contributed by atoms with Crippen LogP contribution in [0.1, 0.15) is 11.1 Å². The van der Waals surface area contributed by atoms with Gasteiger partial charge in [0, 0.05) is 5.69 Å². The number of carbonyl (C=O) groups is 2. The van der Waals surface area contributed by atoms with Crippen molar-refractivity contribution in [3.05, 3.63) is 65.5 Å². The van der Waals surface area contributed by atoms with Crippen LogP contribution in [0.3, 0.4) is 0 Å². The van der Waals surface area contributed by atoms with E-state index in [1.807, 2.05) is 0 Å². The number of rotatable bonds is 5. The van der Waals surface area contributed by atoms with Crippen molar-refractivity contribution in [2.75, 3.05) is 18.0 Å². The summed E-state index contributed by atoms with van der Waals surface area (Å²) in [5.41, 5.74) is -0.179. The van der Waals surface area contributed by atoms with E-state index >= 15 is 0 Å². The standard InChI is InChI=1S/C19H16F4N2O3/c20-14-6-4-12(5-7-14)8-17(26)24-10-16-11-25(18(27)28-16)15-3-1-2-13(9-15)19(21,22)23/h1-7,9,16H,8,10-11H2,(H,24,26). The number of halogens is 4. The van der Waals surface area contributed by atoms with E-state index in [2.05, 4.69) is 5.32 Å². The molecule has 0 bridgehead atoms. The maximum Gasteiger partial charge on any atom is 0.416 e. The van der Waals surface area contributed by atoms with Gasteiger partial charge >= 0.3 is 12.3 Å². The highest BCUT2D eigenvalue weighted by atomic mass is 19.4. The van der Waals surface area contributed by atoms with Gasteiger partial charge in [0.05, 0.1) is 25.1 Å². The van der Waals surface area contributed by atoms with Crippen LogP contribution >= 0.6 is 0 Å². The van der Waals surface area contributed by atoms with Gasteiger partial charge in [-0.2, -0.15) is 13.2 Å². The molecule has 2 aromatic rings. The lowest BCUT2D eigenvalue weighted by Gasteiger charge is -2.15. The van der Waals surface area contributed by atoms with E-state index in [9.17, 15) is 27.2 Å². The van der Waals surface area contributed by atoms with Gasteiger partial charge in [-0.25, -0.2) is 9.18 Å². The van der Waals surface area contributed by atoms with Gasteiger partial charge in [-0.15, -0.1) is 0 Å². The molecule has 0 spiro atoms. The minimum atomic E-state index is -4.52. The number of nitrogens with zero attached hydrogens (tertiary/aromatic N) is 1. The quantitative estimate of drug-likeness (QED) is 0.787. The second kappa shape index (κ2) is 7.87. The molecule has 2 aromatic carbocycles. The third-order valence-corrected chi connectivity index (χ3v) is 4.16. The van der Waals surface area contributed by atoms with Crippen LogP contribution in [0.25, 0.3) is 0 Å². The molecule has 9 heteroatoms. The molecule has 1 fully saturated rings. The van der Waals surface area contributed by atoms with Crippen molar-refractivity contribution >= 4 is 17.7 Å². The van der Waals surface area contributed by atoms with Gasteiger partial charge in [0.25, 0.3) is 0 Å². The van der Waals surface area contributed by atoms with Gasteiger partial charge in [-0.05, 0) is 35.9 Å². The summed E-state index contributed by atoms with van der Waals surface area (Å²) < 4.78 is 56.5. The molecule has 1 atom stereocenters. The molecule has 3 rings (SSSR count). The first-order valence-corrected chi connectivity index (χ1v) is 8.39. The Balaban J connectivity index is 1.56. The predicted molar refractivity (Wildman–Crippen MR) is 92.2 cm³/mol. The molecule has 5 nitrogen and oxygen atoms in total. The van der Waals surface area contributed by atoms with Crippen LogP contribution in [0.2, 0.25) is 0 Å². The molecule has 0 saturated carbocycles. The number of hydrogen-bond acceptors (Lipinski definition) is 3. The summed E-state index contributed by atoms with van der Waals surface area (Å²) in [6.07, 6.45) is -5.97. The zero-order chi connectivity index (χ0) is 20.3. The highest BCUT2D eigenvalue weighted by molar-refractivity contribution is 5.90. The Kier molecular flexibility index (Phi) is 5.53. The van der Waals surface area contributed by atoms with Gasteiger partial charge in [0.15, 0.2) is 0 Å². The largest absolute Gasteiger partial charge is 0.442 e. The molecule has 148 valence electrons. The van der Waals surface area contributed by atoms with Crippen LogP contribution in [0, 0.1) is 5.82 Å². The second-order valence-electron chi connectivity index (χ2n) is 6.27. The van der Waals surface area contributed by atoms with Crippen molar-refractivity contribution in [2.24, 2.45) is 0 Å². The molecule has 1 aliphatic rings. The number of anilines is 1. The van der Waals surface area contributed by atoms with Crippen molar-refractivity contribution in [2.45, 2.75) is 18.7 Å². The number of cyclic esters (lactones) is 1. The van der Waals surface area contributed by atoms with Crippen LogP contribution < -0.4 is 10.2 Å². The average Bonchev–Trinajstić information content (AvgIpc) is 3.02. The molecule has 0 aliphatic carbocycles. The second-order valence-corrected chi connectivity index (χ2v) is 6.27. The van der Waals surface area contributed by atoms with Gasteiger partial charge in [0.1, 0.15) is 11.9 Å². The fourth-order valence-corrected chi connectivity index (χ4v) is 2.77. The number of alkyl halides is 3. The maximum absolute atomic E-state index is 12.9. The Bertz CT molecular complexity index is 868. The van der Waals surface area contributed by atoms with Crippen LogP contribution in [0.5, 0.6) is 0 Å². The summed E-state index contributed by atoms with van der Waals surface area (Å²) in [5.74, 6) is -0.753. The van der Waals surface area contributed by atoms with Crippen molar-refractivity contribution in [3.63, 3.8) is 0 Å². The zero-order valence-electron chi connectivity index (χ0n) is 14.5. The molecule has 1 aliphatic heterocycles.